The van der Waals surface area contributed by atoms with Gasteiger partial charge in [-0.15, -0.1) is 0 Å². The summed E-state index contributed by atoms with van der Waals surface area (Å²) in [6.45, 7) is 3.74. The Morgan fingerprint density at radius 2 is 2.07 bits per heavy atom. The standard InChI is InChI=1S/C10H11N5/c1-5-6(2)13-10-8(7(5)4-11)9(12)14-15(10)3/h1-3H3,(H2,12,14). The van der Waals surface area contributed by atoms with Gasteiger partial charge in [-0.2, -0.15) is 10.4 Å². The second-order valence-corrected chi connectivity index (χ2v) is 3.52. The zero-order valence-electron chi connectivity index (χ0n) is 8.87. The van der Waals surface area contributed by atoms with Crippen molar-refractivity contribution in [1.82, 2.24) is 14.8 Å². The van der Waals surface area contributed by atoms with Gasteiger partial charge in [-0.1, -0.05) is 0 Å². The molecule has 0 atom stereocenters. The average Bonchev–Trinajstić information content (AvgIpc) is 2.45. The maximum atomic E-state index is 9.10. The molecule has 2 aromatic heterocycles. The summed E-state index contributed by atoms with van der Waals surface area (Å²) in [6.07, 6.45) is 0. The van der Waals surface area contributed by atoms with E-state index >= 15 is 0 Å². The van der Waals surface area contributed by atoms with Crippen LogP contribution < -0.4 is 5.73 Å². The van der Waals surface area contributed by atoms with Crippen molar-refractivity contribution < 1.29 is 0 Å². The van der Waals surface area contributed by atoms with Crippen LogP contribution in [0.5, 0.6) is 0 Å². The van der Waals surface area contributed by atoms with E-state index < -0.39 is 0 Å². The van der Waals surface area contributed by atoms with E-state index in [0.717, 1.165) is 11.3 Å². The quantitative estimate of drug-likeness (QED) is 0.690. The molecule has 0 aromatic carbocycles. The van der Waals surface area contributed by atoms with Crippen LogP contribution in [-0.4, -0.2) is 14.8 Å². The molecular weight excluding hydrogens is 190 g/mol. The van der Waals surface area contributed by atoms with Crippen LogP contribution >= 0.6 is 0 Å². The first-order valence-electron chi connectivity index (χ1n) is 4.55. The summed E-state index contributed by atoms with van der Waals surface area (Å²) in [5.74, 6) is 0.361. The van der Waals surface area contributed by atoms with Gasteiger partial charge in [0.05, 0.1) is 10.9 Å². The van der Waals surface area contributed by atoms with Crippen molar-refractivity contribution >= 4 is 16.9 Å². The first-order valence-corrected chi connectivity index (χ1v) is 4.55. The second-order valence-electron chi connectivity index (χ2n) is 3.52. The molecular formula is C10H11N5. The van der Waals surface area contributed by atoms with Crippen LogP contribution in [0.1, 0.15) is 16.8 Å². The Labute approximate surface area is 87.1 Å². The van der Waals surface area contributed by atoms with Crippen molar-refractivity contribution in [2.24, 2.45) is 7.05 Å². The number of aromatic nitrogens is 3. The summed E-state index contributed by atoms with van der Waals surface area (Å²) in [7, 11) is 1.77. The van der Waals surface area contributed by atoms with Crippen molar-refractivity contribution in [3.8, 4) is 6.07 Å². The Kier molecular flexibility index (Phi) is 1.86. The van der Waals surface area contributed by atoms with Gasteiger partial charge in [0.2, 0.25) is 0 Å². The highest BCUT2D eigenvalue weighted by molar-refractivity contribution is 5.92. The molecule has 2 heterocycles. The molecule has 5 nitrogen and oxygen atoms in total. The van der Waals surface area contributed by atoms with Gasteiger partial charge in [-0.3, -0.25) is 0 Å². The lowest BCUT2D eigenvalue weighted by molar-refractivity contribution is 0.789. The highest BCUT2D eigenvalue weighted by Crippen LogP contribution is 2.26. The molecule has 0 aliphatic heterocycles. The summed E-state index contributed by atoms with van der Waals surface area (Å²) in [5.41, 5.74) is 8.68. The van der Waals surface area contributed by atoms with Gasteiger partial charge in [-0.25, -0.2) is 9.67 Å². The lowest BCUT2D eigenvalue weighted by Crippen LogP contribution is -1.97. The van der Waals surface area contributed by atoms with Crippen molar-refractivity contribution in [1.29, 1.82) is 5.26 Å². The van der Waals surface area contributed by atoms with E-state index in [0.29, 0.717) is 22.4 Å². The zero-order chi connectivity index (χ0) is 11.2. The van der Waals surface area contributed by atoms with Gasteiger partial charge in [0.15, 0.2) is 11.5 Å². The molecule has 0 saturated heterocycles. The number of nitriles is 1. The zero-order valence-corrected chi connectivity index (χ0v) is 8.87. The third-order valence-electron chi connectivity index (χ3n) is 2.60. The lowest BCUT2D eigenvalue weighted by Gasteiger charge is -2.03. The molecule has 0 amide bonds. The summed E-state index contributed by atoms with van der Waals surface area (Å²) in [6, 6.07) is 2.16. The third-order valence-corrected chi connectivity index (χ3v) is 2.60. The van der Waals surface area contributed by atoms with E-state index in [2.05, 4.69) is 16.2 Å². The molecule has 5 heteroatoms. The molecule has 2 rings (SSSR count). The number of aryl methyl sites for hydroxylation is 2. The molecule has 0 fully saturated rings. The van der Waals surface area contributed by atoms with E-state index in [1.807, 2.05) is 13.8 Å². The number of fused-ring (bicyclic) bond motifs is 1. The van der Waals surface area contributed by atoms with Crippen LogP contribution in [0.3, 0.4) is 0 Å². The largest absolute Gasteiger partial charge is 0.382 e. The Morgan fingerprint density at radius 1 is 1.40 bits per heavy atom. The van der Waals surface area contributed by atoms with E-state index in [9.17, 15) is 0 Å². The smallest absolute Gasteiger partial charge is 0.161 e. The fraction of sp³-hybridized carbons (Fsp3) is 0.300. The Hall–Kier alpha value is -2.09. The van der Waals surface area contributed by atoms with Crippen LogP contribution in [0, 0.1) is 25.2 Å². The molecule has 2 N–H and O–H groups in total. The van der Waals surface area contributed by atoms with Crippen LogP contribution in [0.25, 0.3) is 11.0 Å². The minimum atomic E-state index is 0.361. The second kappa shape index (κ2) is 2.95. The number of nitrogen functional groups attached to an aromatic ring is 1. The SMILES string of the molecule is Cc1nc2c(c(N)nn2C)c(C#N)c1C. The molecule has 0 spiro atoms. The van der Waals surface area contributed by atoms with Crippen molar-refractivity contribution in [3.63, 3.8) is 0 Å². The van der Waals surface area contributed by atoms with Gasteiger partial charge in [-0.05, 0) is 19.4 Å². The van der Waals surface area contributed by atoms with Crippen LogP contribution in [-0.2, 0) is 7.05 Å². The third kappa shape index (κ3) is 1.15. The highest BCUT2D eigenvalue weighted by Gasteiger charge is 2.15. The Morgan fingerprint density at radius 3 is 2.67 bits per heavy atom. The topological polar surface area (TPSA) is 80.5 Å². The van der Waals surface area contributed by atoms with Crippen LogP contribution in [0.15, 0.2) is 0 Å². The molecule has 15 heavy (non-hydrogen) atoms. The fourth-order valence-electron chi connectivity index (χ4n) is 1.65. The fourth-order valence-corrected chi connectivity index (χ4v) is 1.65. The van der Waals surface area contributed by atoms with Gasteiger partial charge in [0.1, 0.15) is 6.07 Å². The van der Waals surface area contributed by atoms with E-state index in [4.69, 9.17) is 11.0 Å². The van der Waals surface area contributed by atoms with Crippen molar-refractivity contribution in [3.05, 3.63) is 16.8 Å². The molecule has 0 unspecified atom stereocenters. The number of nitrogens with zero attached hydrogens (tertiary/aromatic N) is 4. The minimum absolute atomic E-state index is 0.361. The predicted molar refractivity (Wildman–Crippen MR) is 57.1 cm³/mol. The monoisotopic (exact) mass is 201 g/mol. The number of anilines is 1. The highest BCUT2D eigenvalue weighted by atomic mass is 15.3. The average molecular weight is 201 g/mol. The number of hydrogen-bond donors (Lipinski definition) is 1. The number of pyridine rings is 1. The lowest BCUT2D eigenvalue weighted by atomic mass is 10.1. The van der Waals surface area contributed by atoms with Gasteiger partial charge < -0.3 is 5.73 Å². The molecule has 76 valence electrons. The van der Waals surface area contributed by atoms with Crippen molar-refractivity contribution in [2.75, 3.05) is 5.73 Å². The number of rotatable bonds is 0. The molecule has 0 radical (unpaired) electrons. The summed E-state index contributed by atoms with van der Waals surface area (Å²) in [5, 5.41) is 13.8. The van der Waals surface area contributed by atoms with Gasteiger partial charge in [0.25, 0.3) is 0 Å². The predicted octanol–water partition coefficient (Wildman–Crippen LogP) is 1.04. The molecule has 0 bridgehead atoms. The van der Waals surface area contributed by atoms with Crippen LogP contribution in [0.2, 0.25) is 0 Å². The Bertz CT molecular complexity index is 588. The van der Waals surface area contributed by atoms with E-state index in [-0.39, 0.29) is 0 Å². The van der Waals surface area contributed by atoms with Gasteiger partial charge >= 0.3 is 0 Å². The summed E-state index contributed by atoms with van der Waals surface area (Å²) in [4.78, 5) is 4.37. The molecule has 0 saturated carbocycles. The molecule has 0 aliphatic rings. The van der Waals surface area contributed by atoms with E-state index in [1.165, 1.54) is 0 Å². The summed E-state index contributed by atoms with van der Waals surface area (Å²) < 4.78 is 1.60. The first-order chi connectivity index (χ1) is 7.06. The number of nitrogens with two attached hydrogens (primary N) is 1. The van der Waals surface area contributed by atoms with E-state index in [1.54, 1.807) is 11.7 Å². The normalized spacial score (nSPS) is 10.5. The van der Waals surface area contributed by atoms with Gasteiger partial charge in [0, 0.05) is 12.7 Å². The maximum absolute atomic E-state index is 9.10. The Balaban J connectivity index is 3.06. The molecule has 0 aliphatic carbocycles. The minimum Gasteiger partial charge on any atom is -0.382 e. The maximum Gasteiger partial charge on any atom is 0.161 e. The first kappa shape index (κ1) is 9.46. The summed E-state index contributed by atoms with van der Waals surface area (Å²) >= 11 is 0. The van der Waals surface area contributed by atoms with Crippen LogP contribution in [0.4, 0.5) is 5.82 Å². The van der Waals surface area contributed by atoms with Crippen molar-refractivity contribution in [2.45, 2.75) is 13.8 Å². The number of hydrogen-bond acceptors (Lipinski definition) is 4. The molecule has 2 aromatic rings.